The summed E-state index contributed by atoms with van der Waals surface area (Å²) in [7, 11) is 1.80. The van der Waals surface area contributed by atoms with E-state index in [4.69, 9.17) is 14.2 Å². The Morgan fingerprint density at radius 2 is 1.92 bits per heavy atom. The van der Waals surface area contributed by atoms with Crippen molar-refractivity contribution in [2.45, 2.75) is 19.5 Å². The highest BCUT2D eigenvalue weighted by atomic mass is 16.6. The standard InChI is InChI=1S/C18H27N3O4/c1-14(12-21-5-7-23-8-6-21)19-18(22)20(2)13-15-3-4-16-17(11-15)25-10-9-24-16/h3-4,11,14H,5-10,12-13H2,1-2H3,(H,19,22)/t14-/m0/s1. The molecule has 3 rings (SSSR count). The van der Waals surface area contributed by atoms with E-state index in [1.807, 2.05) is 25.1 Å². The zero-order valence-electron chi connectivity index (χ0n) is 15.0. The largest absolute Gasteiger partial charge is 0.486 e. The number of benzene rings is 1. The maximum atomic E-state index is 12.4. The second kappa shape index (κ2) is 8.40. The van der Waals surface area contributed by atoms with E-state index in [2.05, 4.69) is 10.2 Å². The van der Waals surface area contributed by atoms with E-state index in [1.54, 1.807) is 11.9 Å². The van der Waals surface area contributed by atoms with Gasteiger partial charge in [-0.2, -0.15) is 0 Å². The van der Waals surface area contributed by atoms with Gasteiger partial charge in [-0.3, -0.25) is 4.90 Å². The van der Waals surface area contributed by atoms with Crippen LogP contribution >= 0.6 is 0 Å². The molecule has 2 aliphatic rings. The summed E-state index contributed by atoms with van der Waals surface area (Å²) >= 11 is 0. The molecule has 0 aromatic heterocycles. The Morgan fingerprint density at radius 1 is 1.20 bits per heavy atom. The number of amides is 2. The van der Waals surface area contributed by atoms with Crippen LogP contribution in [0.2, 0.25) is 0 Å². The van der Waals surface area contributed by atoms with Crippen LogP contribution in [0.5, 0.6) is 11.5 Å². The topological polar surface area (TPSA) is 63.3 Å². The highest BCUT2D eigenvalue weighted by Gasteiger charge is 2.18. The SMILES string of the molecule is C[C@@H](CN1CCOCC1)NC(=O)N(C)Cc1ccc2c(c1)OCCO2. The number of hydrogen-bond donors (Lipinski definition) is 1. The van der Waals surface area contributed by atoms with Crippen LogP contribution in [0.3, 0.4) is 0 Å². The summed E-state index contributed by atoms with van der Waals surface area (Å²) in [6, 6.07) is 5.82. The smallest absolute Gasteiger partial charge is 0.317 e. The number of rotatable bonds is 5. The first-order chi connectivity index (χ1) is 12.1. The quantitative estimate of drug-likeness (QED) is 0.869. The molecule has 2 aliphatic heterocycles. The minimum atomic E-state index is -0.0735. The van der Waals surface area contributed by atoms with Crippen LogP contribution in [-0.2, 0) is 11.3 Å². The molecule has 1 aromatic rings. The van der Waals surface area contributed by atoms with Gasteiger partial charge in [-0.15, -0.1) is 0 Å². The molecule has 0 saturated carbocycles. The van der Waals surface area contributed by atoms with Crippen LogP contribution in [0, 0.1) is 0 Å². The van der Waals surface area contributed by atoms with Gasteiger partial charge >= 0.3 is 6.03 Å². The number of morpholine rings is 1. The maximum absolute atomic E-state index is 12.4. The summed E-state index contributed by atoms with van der Waals surface area (Å²) < 4.78 is 16.5. The first kappa shape index (κ1) is 17.8. The summed E-state index contributed by atoms with van der Waals surface area (Å²) in [5.41, 5.74) is 1.02. The molecule has 0 bridgehead atoms. The van der Waals surface area contributed by atoms with E-state index < -0.39 is 0 Å². The van der Waals surface area contributed by atoms with E-state index in [0.29, 0.717) is 19.8 Å². The Labute approximate surface area is 148 Å². The number of carbonyl (C=O) groups excluding carboxylic acids is 1. The molecule has 0 unspecified atom stereocenters. The van der Waals surface area contributed by atoms with Crippen LogP contribution in [0.1, 0.15) is 12.5 Å². The lowest BCUT2D eigenvalue weighted by Crippen LogP contribution is -2.48. The first-order valence-corrected chi connectivity index (χ1v) is 8.82. The Hall–Kier alpha value is -1.99. The van der Waals surface area contributed by atoms with Gasteiger partial charge in [0.2, 0.25) is 0 Å². The van der Waals surface area contributed by atoms with Crippen molar-refractivity contribution in [2.75, 3.05) is 53.1 Å². The second-order valence-corrected chi connectivity index (χ2v) is 6.60. The normalized spacial score (nSPS) is 18.5. The molecule has 2 amide bonds. The van der Waals surface area contributed by atoms with Gasteiger partial charge in [-0.05, 0) is 24.6 Å². The average molecular weight is 349 g/mol. The number of hydrogen-bond acceptors (Lipinski definition) is 5. The zero-order chi connectivity index (χ0) is 17.6. The molecule has 1 aromatic carbocycles. The lowest BCUT2D eigenvalue weighted by molar-refractivity contribution is 0.0347. The van der Waals surface area contributed by atoms with Crippen molar-refractivity contribution in [3.63, 3.8) is 0 Å². The Morgan fingerprint density at radius 3 is 2.68 bits per heavy atom. The Bertz CT molecular complexity index is 590. The molecule has 1 atom stereocenters. The van der Waals surface area contributed by atoms with Gasteiger partial charge in [0.15, 0.2) is 11.5 Å². The molecule has 1 N–H and O–H groups in total. The van der Waals surface area contributed by atoms with Gasteiger partial charge < -0.3 is 24.4 Å². The van der Waals surface area contributed by atoms with Gasteiger partial charge in [-0.1, -0.05) is 6.07 Å². The van der Waals surface area contributed by atoms with Crippen LogP contribution in [0.25, 0.3) is 0 Å². The monoisotopic (exact) mass is 349 g/mol. The highest BCUT2D eigenvalue weighted by Crippen LogP contribution is 2.31. The third kappa shape index (κ3) is 4.99. The first-order valence-electron chi connectivity index (χ1n) is 8.82. The van der Waals surface area contributed by atoms with E-state index in [0.717, 1.165) is 49.9 Å². The van der Waals surface area contributed by atoms with Crippen molar-refractivity contribution in [2.24, 2.45) is 0 Å². The number of nitrogens with one attached hydrogen (secondary N) is 1. The van der Waals surface area contributed by atoms with E-state index >= 15 is 0 Å². The minimum Gasteiger partial charge on any atom is -0.486 e. The maximum Gasteiger partial charge on any atom is 0.317 e. The Balaban J connectivity index is 1.48. The predicted octanol–water partition coefficient (Wildman–Crippen LogP) is 1.32. The fraction of sp³-hybridized carbons (Fsp3) is 0.611. The predicted molar refractivity (Wildman–Crippen MR) is 94.2 cm³/mol. The van der Waals surface area contributed by atoms with Gasteiger partial charge in [0.05, 0.1) is 13.2 Å². The molecule has 7 heteroatoms. The van der Waals surface area contributed by atoms with Crippen LogP contribution < -0.4 is 14.8 Å². The molecule has 7 nitrogen and oxygen atoms in total. The summed E-state index contributed by atoms with van der Waals surface area (Å²) in [5, 5.41) is 3.06. The average Bonchev–Trinajstić information content (AvgIpc) is 2.62. The molecule has 138 valence electrons. The second-order valence-electron chi connectivity index (χ2n) is 6.60. The number of nitrogens with zero attached hydrogens (tertiary/aromatic N) is 2. The van der Waals surface area contributed by atoms with Crippen LogP contribution in [0.15, 0.2) is 18.2 Å². The van der Waals surface area contributed by atoms with Gasteiger partial charge in [0, 0.05) is 39.3 Å². The molecular weight excluding hydrogens is 322 g/mol. The van der Waals surface area contributed by atoms with Gasteiger partial charge in [0.1, 0.15) is 13.2 Å². The lowest BCUT2D eigenvalue weighted by Gasteiger charge is -2.30. The van der Waals surface area contributed by atoms with Crippen molar-refractivity contribution >= 4 is 6.03 Å². The van der Waals surface area contributed by atoms with Crippen LogP contribution in [0.4, 0.5) is 4.79 Å². The molecule has 0 radical (unpaired) electrons. The van der Waals surface area contributed by atoms with Gasteiger partial charge in [-0.25, -0.2) is 4.79 Å². The molecule has 1 fully saturated rings. The summed E-state index contributed by atoms with van der Waals surface area (Å²) in [6.07, 6.45) is 0. The zero-order valence-corrected chi connectivity index (χ0v) is 15.0. The lowest BCUT2D eigenvalue weighted by atomic mass is 10.2. The van der Waals surface area contributed by atoms with Crippen molar-refractivity contribution in [1.29, 1.82) is 0 Å². The molecule has 2 heterocycles. The van der Waals surface area contributed by atoms with E-state index in [-0.39, 0.29) is 12.1 Å². The third-order valence-electron chi connectivity index (χ3n) is 4.38. The van der Waals surface area contributed by atoms with Crippen LogP contribution in [-0.4, -0.2) is 75.0 Å². The number of carbonyl (C=O) groups is 1. The van der Waals surface area contributed by atoms with E-state index in [1.165, 1.54) is 0 Å². The summed E-state index contributed by atoms with van der Waals surface area (Å²) in [5.74, 6) is 1.51. The van der Waals surface area contributed by atoms with Gasteiger partial charge in [0.25, 0.3) is 0 Å². The third-order valence-corrected chi connectivity index (χ3v) is 4.38. The number of ether oxygens (including phenoxy) is 3. The van der Waals surface area contributed by atoms with Crippen molar-refractivity contribution in [3.05, 3.63) is 23.8 Å². The van der Waals surface area contributed by atoms with Crippen molar-refractivity contribution < 1.29 is 19.0 Å². The van der Waals surface area contributed by atoms with Crippen molar-refractivity contribution in [3.8, 4) is 11.5 Å². The number of fused-ring (bicyclic) bond motifs is 1. The van der Waals surface area contributed by atoms with E-state index in [9.17, 15) is 4.79 Å². The molecule has 1 saturated heterocycles. The molecule has 0 spiro atoms. The molecule has 0 aliphatic carbocycles. The molecule has 25 heavy (non-hydrogen) atoms. The summed E-state index contributed by atoms with van der Waals surface area (Å²) in [4.78, 5) is 16.4. The number of urea groups is 1. The fourth-order valence-electron chi connectivity index (χ4n) is 3.07. The molecular formula is C18H27N3O4. The highest BCUT2D eigenvalue weighted by molar-refractivity contribution is 5.74. The summed E-state index contributed by atoms with van der Waals surface area (Å²) in [6.45, 7) is 7.92. The minimum absolute atomic E-state index is 0.0735. The van der Waals surface area contributed by atoms with Crippen molar-refractivity contribution in [1.82, 2.24) is 15.1 Å². The fourth-order valence-corrected chi connectivity index (χ4v) is 3.07. The Kier molecular flexibility index (Phi) is 5.99.